The number of rotatable bonds is 2. The third kappa shape index (κ3) is 2.71. The van der Waals surface area contributed by atoms with Crippen molar-refractivity contribution in [1.29, 1.82) is 10.5 Å². The molecule has 0 atom stereocenters. The van der Waals surface area contributed by atoms with Gasteiger partial charge in [-0.1, -0.05) is 45.8 Å². The molecule has 0 radical (unpaired) electrons. The summed E-state index contributed by atoms with van der Waals surface area (Å²) >= 11 is 3.38. The van der Waals surface area contributed by atoms with E-state index in [4.69, 9.17) is 0 Å². The normalized spacial score (nSPS) is 12.6. The van der Waals surface area contributed by atoms with Crippen molar-refractivity contribution in [2.75, 3.05) is 4.90 Å². The van der Waals surface area contributed by atoms with E-state index < -0.39 is 0 Å². The highest BCUT2D eigenvalue weighted by Crippen LogP contribution is 2.40. The minimum absolute atomic E-state index is 0.161. The Morgan fingerprint density at radius 2 is 1.92 bits per heavy atom. The van der Waals surface area contributed by atoms with Gasteiger partial charge in [-0.25, -0.2) is 0 Å². The van der Waals surface area contributed by atoms with Crippen LogP contribution < -0.4 is 4.90 Å². The first kappa shape index (κ1) is 16.0. The standard InChI is InChI=1S/C19H12BrN3O/c1-12-3-2-4-13(7-12)11-23-17-6-5-15(20)8-16(17)18(19(23)24)14(9-21)10-22/h2-8H,11H2,1H3. The molecule has 0 fully saturated rings. The van der Waals surface area contributed by atoms with Gasteiger partial charge in [0, 0.05) is 10.0 Å². The fourth-order valence-electron chi connectivity index (χ4n) is 2.83. The second kappa shape index (κ2) is 6.31. The van der Waals surface area contributed by atoms with E-state index in [0.717, 1.165) is 15.6 Å². The summed E-state index contributed by atoms with van der Waals surface area (Å²) in [6, 6.07) is 17.0. The van der Waals surface area contributed by atoms with Crippen LogP contribution in [0.4, 0.5) is 5.69 Å². The summed E-state index contributed by atoms with van der Waals surface area (Å²) in [7, 11) is 0. The fraction of sp³-hybridized carbons (Fsp3) is 0.105. The van der Waals surface area contributed by atoms with Crippen molar-refractivity contribution < 1.29 is 4.79 Å². The van der Waals surface area contributed by atoms with E-state index in [9.17, 15) is 15.3 Å². The maximum atomic E-state index is 12.9. The molecule has 0 aliphatic carbocycles. The van der Waals surface area contributed by atoms with E-state index in [2.05, 4.69) is 15.9 Å². The van der Waals surface area contributed by atoms with Crippen molar-refractivity contribution >= 4 is 33.1 Å². The predicted octanol–water partition coefficient (Wildman–Crippen LogP) is 4.11. The third-order valence-corrected chi connectivity index (χ3v) is 4.37. The quantitative estimate of drug-likeness (QED) is 0.584. The highest BCUT2D eigenvalue weighted by atomic mass is 79.9. The molecule has 0 saturated carbocycles. The number of aryl methyl sites for hydroxylation is 1. The van der Waals surface area contributed by atoms with Crippen molar-refractivity contribution in [1.82, 2.24) is 0 Å². The van der Waals surface area contributed by atoms with Crippen LogP contribution in [-0.2, 0) is 11.3 Å². The Labute approximate surface area is 148 Å². The topological polar surface area (TPSA) is 67.9 Å². The minimum Gasteiger partial charge on any atom is -0.303 e. The van der Waals surface area contributed by atoms with E-state index in [1.165, 1.54) is 0 Å². The summed E-state index contributed by atoms with van der Waals surface area (Å²) in [6.07, 6.45) is 0. The lowest BCUT2D eigenvalue weighted by Crippen LogP contribution is -2.26. The average molecular weight is 378 g/mol. The molecule has 0 N–H and O–H groups in total. The van der Waals surface area contributed by atoms with Crippen molar-refractivity contribution in [2.24, 2.45) is 0 Å². The van der Waals surface area contributed by atoms with Crippen LogP contribution in [0.3, 0.4) is 0 Å². The van der Waals surface area contributed by atoms with Gasteiger partial charge in [0.05, 0.1) is 17.8 Å². The van der Waals surface area contributed by atoms with Gasteiger partial charge in [-0.05, 0) is 30.7 Å². The van der Waals surface area contributed by atoms with Crippen molar-refractivity contribution in [3.05, 3.63) is 69.2 Å². The molecule has 1 aliphatic rings. The van der Waals surface area contributed by atoms with Crippen molar-refractivity contribution in [2.45, 2.75) is 13.5 Å². The number of allylic oxidation sites excluding steroid dienone is 1. The lowest BCUT2D eigenvalue weighted by molar-refractivity contribution is -0.113. The van der Waals surface area contributed by atoms with Crippen LogP contribution in [0.1, 0.15) is 16.7 Å². The second-order valence-corrected chi connectivity index (χ2v) is 6.43. The molecule has 4 nitrogen and oxygen atoms in total. The van der Waals surface area contributed by atoms with E-state index in [1.54, 1.807) is 11.0 Å². The number of carbonyl (C=O) groups excluding carboxylic acids is 1. The van der Waals surface area contributed by atoms with Gasteiger partial charge in [0.15, 0.2) is 0 Å². The molecular weight excluding hydrogens is 366 g/mol. The Balaban J connectivity index is 2.14. The monoisotopic (exact) mass is 377 g/mol. The molecule has 2 aromatic carbocycles. The number of carbonyl (C=O) groups is 1. The first-order valence-electron chi connectivity index (χ1n) is 7.27. The average Bonchev–Trinajstić information content (AvgIpc) is 2.82. The molecule has 0 bridgehead atoms. The summed E-state index contributed by atoms with van der Waals surface area (Å²) in [5, 5.41) is 18.4. The van der Waals surface area contributed by atoms with Gasteiger partial charge >= 0.3 is 0 Å². The minimum atomic E-state index is -0.317. The Bertz CT molecular complexity index is 947. The van der Waals surface area contributed by atoms with Crippen molar-refractivity contribution in [3.63, 3.8) is 0 Å². The van der Waals surface area contributed by atoms with Crippen LogP contribution in [-0.4, -0.2) is 5.91 Å². The smallest absolute Gasteiger partial charge is 0.261 e. The summed E-state index contributed by atoms with van der Waals surface area (Å²) in [6.45, 7) is 2.39. The maximum Gasteiger partial charge on any atom is 0.261 e. The van der Waals surface area contributed by atoms with Gasteiger partial charge in [-0.15, -0.1) is 0 Å². The second-order valence-electron chi connectivity index (χ2n) is 5.52. The zero-order valence-electron chi connectivity index (χ0n) is 12.9. The van der Waals surface area contributed by atoms with Gasteiger partial charge < -0.3 is 4.90 Å². The zero-order chi connectivity index (χ0) is 17.3. The Kier molecular flexibility index (Phi) is 4.20. The van der Waals surface area contributed by atoms with E-state index in [0.29, 0.717) is 17.8 Å². The number of halogens is 1. The number of hydrogen-bond acceptors (Lipinski definition) is 3. The maximum absolute atomic E-state index is 12.9. The summed E-state index contributed by atoms with van der Waals surface area (Å²) in [5.41, 5.74) is 3.44. The van der Waals surface area contributed by atoms with Gasteiger partial charge in [0.2, 0.25) is 0 Å². The number of fused-ring (bicyclic) bond motifs is 1. The lowest BCUT2D eigenvalue weighted by atomic mass is 10.0. The zero-order valence-corrected chi connectivity index (χ0v) is 14.5. The third-order valence-electron chi connectivity index (χ3n) is 3.87. The molecular formula is C19H12BrN3O. The van der Waals surface area contributed by atoms with Gasteiger partial charge in [0.1, 0.15) is 17.7 Å². The first-order chi connectivity index (χ1) is 11.5. The Hall–Kier alpha value is -2.89. The van der Waals surface area contributed by atoms with Crippen molar-refractivity contribution in [3.8, 4) is 12.1 Å². The summed E-state index contributed by atoms with van der Waals surface area (Å²) in [4.78, 5) is 14.5. The SMILES string of the molecule is Cc1cccc(CN2C(=O)C(=C(C#N)C#N)c3cc(Br)ccc32)c1. The molecule has 1 amide bonds. The summed E-state index contributed by atoms with van der Waals surface area (Å²) in [5.74, 6) is -0.317. The first-order valence-corrected chi connectivity index (χ1v) is 8.06. The number of amides is 1. The van der Waals surface area contributed by atoms with Gasteiger partial charge in [-0.2, -0.15) is 10.5 Å². The molecule has 0 unspecified atom stereocenters. The number of anilines is 1. The van der Waals surface area contributed by atoms with Crippen LogP contribution in [0.15, 0.2) is 52.5 Å². The number of hydrogen-bond donors (Lipinski definition) is 0. The van der Waals surface area contributed by atoms with E-state index >= 15 is 0 Å². The van der Waals surface area contributed by atoms with Crippen LogP contribution >= 0.6 is 15.9 Å². The molecule has 5 heteroatoms. The van der Waals surface area contributed by atoms with E-state index in [1.807, 2.05) is 55.5 Å². The lowest BCUT2D eigenvalue weighted by Gasteiger charge is -2.17. The van der Waals surface area contributed by atoms with Crippen LogP contribution in [0.25, 0.3) is 5.57 Å². The van der Waals surface area contributed by atoms with Crippen LogP contribution in [0.5, 0.6) is 0 Å². The molecule has 116 valence electrons. The van der Waals surface area contributed by atoms with Gasteiger partial charge in [-0.3, -0.25) is 4.79 Å². The molecule has 1 heterocycles. The highest BCUT2D eigenvalue weighted by Gasteiger charge is 2.35. The molecule has 24 heavy (non-hydrogen) atoms. The molecule has 3 rings (SSSR count). The Morgan fingerprint density at radius 1 is 1.17 bits per heavy atom. The molecule has 2 aromatic rings. The molecule has 0 spiro atoms. The van der Waals surface area contributed by atoms with Gasteiger partial charge in [0.25, 0.3) is 5.91 Å². The van der Waals surface area contributed by atoms with Crippen LogP contribution in [0.2, 0.25) is 0 Å². The predicted molar refractivity (Wildman–Crippen MR) is 94.7 cm³/mol. The number of nitrogens with zero attached hydrogens (tertiary/aromatic N) is 3. The van der Waals surface area contributed by atoms with Crippen LogP contribution in [0, 0.1) is 29.6 Å². The molecule has 0 saturated heterocycles. The fourth-order valence-corrected chi connectivity index (χ4v) is 3.19. The number of benzene rings is 2. The van der Waals surface area contributed by atoms with E-state index in [-0.39, 0.29) is 17.1 Å². The molecule has 1 aliphatic heterocycles. The Morgan fingerprint density at radius 3 is 2.58 bits per heavy atom. The highest BCUT2D eigenvalue weighted by molar-refractivity contribution is 9.10. The number of nitriles is 2. The molecule has 0 aromatic heterocycles. The largest absolute Gasteiger partial charge is 0.303 e. The summed E-state index contributed by atoms with van der Waals surface area (Å²) < 4.78 is 0.791.